The summed E-state index contributed by atoms with van der Waals surface area (Å²) in [5.74, 6) is 0.0592. The smallest absolute Gasteiger partial charge is 0.289 e. The number of anilines is 1. The van der Waals surface area contributed by atoms with Crippen LogP contribution in [0.4, 0.5) is 5.82 Å². The molecule has 3 heterocycles. The van der Waals surface area contributed by atoms with Gasteiger partial charge in [-0.2, -0.15) is 0 Å². The molecule has 2 aromatic heterocycles. The van der Waals surface area contributed by atoms with E-state index in [2.05, 4.69) is 60.5 Å². The van der Waals surface area contributed by atoms with Crippen molar-refractivity contribution in [1.82, 2.24) is 35.5 Å². The molecular formula is C31H38N8O3. The van der Waals surface area contributed by atoms with Gasteiger partial charge in [0.05, 0.1) is 6.33 Å². The molecule has 11 nitrogen and oxygen atoms in total. The van der Waals surface area contributed by atoms with Crippen molar-refractivity contribution in [3.8, 4) is 0 Å². The molecule has 0 radical (unpaired) electrons. The number of fused-ring (bicyclic) bond motifs is 1. The van der Waals surface area contributed by atoms with Gasteiger partial charge in [-0.25, -0.2) is 15.0 Å². The van der Waals surface area contributed by atoms with Crippen molar-refractivity contribution in [2.45, 2.75) is 44.4 Å². The average molecular weight is 571 g/mol. The van der Waals surface area contributed by atoms with Gasteiger partial charge in [0, 0.05) is 25.6 Å². The van der Waals surface area contributed by atoms with Gasteiger partial charge in [0.1, 0.15) is 12.3 Å². The zero-order valence-electron chi connectivity index (χ0n) is 24.0. The van der Waals surface area contributed by atoms with Crippen LogP contribution in [0.1, 0.15) is 60.1 Å². The molecule has 1 unspecified atom stereocenters. The Morgan fingerprint density at radius 3 is 2.36 bits per heavy atom. The third-order valence-corrected chi connectivity index (χ3v) is 7.34. The van der Waals surface area contributed by atoms with Crippen LogP contribution in [0.2, 0.25) is 0 Å². The van der Waals surface area contributed by atoms with Crippen molar-refractivity contribution in [2.75, 3.05) is 38.5 Å². The lowest BCUT2D eigenvalue weighted by atomic mass is 9.91. The predicted molar refractivity (Wildman–Crippen MR) is 161 cm³/mol. The monoisotopic (exact) mass is 570 g/mol. The number of imidazole rings is 1. The first kappa shape index (κ1) is 29.2. The number of nitrogens with one attached hydrogen (secondary N) is 4. The lowest BCUT2D eigenvalue weighted by Gasteiger charge is -2.20. The van der Waals surface area contributed by atoms with Crippen molar-refractivity contribution in [3.63, 3.8) is 0 Å². The Kier molecular flexibility index (Phi) is 9.73. The van der Waals surface area contributed by atoms with Gasteiger partial charge >= 0.3 is 0 Å². The molecule has 0 aliphatic carbocycles. The third kappa shape index (κ3) is 6.75. The summed E-state index contributed by atoms with van der Waals surface area (Å²) in [6, 6.07) is 20.6. The number of amides is 2. The van der Waals surface area contributed by atoms with Crippen LogP contribution >= 0.6 is 0 Å². The van der Waals surface area contributed by atoms with Crippen LogP contribution in [0.3, 0.4) is 0 Å². The maximum Gasteiger partial charge on any atom is 0.289 e. The second kappa shape index (κ2) is 14.0. The van der Waals surface area contributed by atoms with Gasteiger partial charge < -0.3 is 26.0 Å². The largest absolute Gasteiger partial charge is 0.367 e. The van der Waals surface area contributed by atoms with Crippen LogP contribution in [0.15, 0.2) is 67.0 Å². The summed E-state index contributed by atoms with van der Waals surface area (Å²) in [7, 11) is 1.87. The number of carbonyl (C=O) groups excluding carboxylic acids is 2. The molecule has 4 aromatic rings. The highest BCUT2D eigenvalue weighted by molar-refractivity contribution is 5.94. The first-order valence-electron chi connectivity index (χ1n) is 14.5. The number of likely N-dealkylation sites (N-methyl/N-ethyl adjacent to an activating group) is 1. The molecule has 2 amide bonds. The van der Waals surface area contributed by atoms with E-state index in [1.807, 2.05) is 50.4 Å². The number of carbonyl (C=O) groups is 2. The van der Waals surface area contributed by atoms with Gasteiger partial charge in [-0.05, 0) is 50.9 Å². The quantitative estimate of drug-likeness (QED) is 0.180. The lowest BCUT2D eigenvalue weighted by Crippen LogP contribution is -2.34. The van der Waals surface area contributed by atoms with Crippen molar-refractivity contribution < 1.29 is 14.3 Å². The molecule has 1 aliphatic rings. The Balaban J connectivity index is 1.46. The van der Waals surface area contributed by atoms with E-state index in [-0.39, 0.29) is 23.6 Å². The molecular weight excluding hydrogens is 532 g/mol. The molecule has 4 N–H and O–H groups in total. The Labute approximate surface area is 245 Å². The lowest BCUT2D eigenvalue weighted by molar-refractivity contribution is -0.133. The van der Waals surface area contributed by atoms with E-state index >= 15 is 0 Å². The number of aromatic nitrogens is 4. The Morgan fingerprint density at radius 2 is 1.69 bits per heavy atom. The molecule has 2 atom stereocenters. The standard InChI is InChI=1S/C31H38N8O3/c1-3-33-30(40)24-15-16-25(42-24)39-20-36-26-27(37-28(38-29(26)39)31(41)34-18-10-17-32-2)35-19-23(21-11-6-4-7-12-21)22-13-8-5-9-14-22/h4-9,11-14,20,23-25,32H,3,10,15-19H2,1-2H3,(H,33,40)(H,34,41)(H,35,37,38)/t24?,25-/m1/s1. The summed E-state index contributed by atoms with van der Waals surface area (Å²) in [6.07, 6.45) is 2.66. The predicted octanol–water partition coefficient (Wildman–Crippen LogP) is 3.22. The molecule has 2 aromatic carbocycles. The number of nitrogens with zero attached hydrogens (tertiary/aromatic N) is 4. The zero-order chi connectivity index (χ0) is 29.3. The molecule has 0 bridgehead atoms. The van der Waals surface area contributed by atoms with E-state index in [9.17, 15) is 9.59 Å². The first-order chi connectivity index (χ1) is 20.6. The van der Waals surface area contributed by atoms with E-state index in [1.54, 1.807) is 10.9 Å². The molecule has 220 valence electrons. The fourth-order valence-electron chi connectivity index (χ4n) is 5.20. The van der Waals surface area contributed by atoms with Crippen LogP contribution in [0, 0.1) is 0 Å². The van der Waals surface area contributed by atoms with Crippen molar-refractivity contribution in [1.29, 1.82) is 0 Å². The van der Waals surface area contributed by atoms with Gasteiger partial charge in [0.25, 0.3) is 5.91 Å². The second-order valence-corrected chi connectivity index (χ2v) is 10.2. The highest BCUT2D eigenvalue weighted by atomic mass is 16.5. The highest BCUT2D eigenvalue weighted by Gasteiger charge is 2.33. The Hall–Kier alpha value is -4.35. The highest BCUT2D eigenvalue weighted by Crippen LogP contribution is 2.32. The molecule has 1 saturated heterocycles. The Bertz CT molecular complexity index is 1440. The number of hydrogen-bond donors (Lipinski definition) is 4. The van der Waals surface area contributed by atoms with Crippen molar-refractivity contribution in [3.05, 3.63) is 83.9 Å². The van der Waals surface area contributed by atoms with Crippen LogP contribution < -0.4 is 21.3 Å². The fourth-order valence-corrected chi connectivity index (χ4v) is 5.20. The SMILES string of the molecule is CCNC(=O)C1CC[C@H](n2cnc3c(NCC(c4ccccc4)c4ccccc4)nc(C(=O)NCCCNC)nc32)O1. The van der Waals surface area contributed by atoms with Crippen LogP contribution in [0.5, 0.6) is 0 Å². The number of ether oxygens (including phenoxy) is 1. The summed E-state index contributed by atoms with van der Waals surface area (Å²) in [5, 5.41) is 12.3. The van der Waals surface area contributed by atoms with E-state index in [0.29, 0.717) is 49.5 Å². The zero-order valence-corrected chi connectivity index (χ0v) is 24.0. The van der Waals surface area contributed by atoms with Crippen LogP contribution in [0.25, 0.3) is 11.2 Å². The summed E-state index contributed by atoms with van der Waals surface area (Å²) in [4.78, 5) is 39.5. The number of benzene rings is 2. The molecule has 1 aliphatic heterocycles. The van der Waals surface area contributed by atoms with Gasteiger partial charge in [-0.3, -0.25) is 14.2 Å². The molecule has 11 heteroatoms. The maximum absolute atomic E-state index is 13.2. The first-order valence-corrected chi connectivity index (χ1v) is 14.5. The topological polar surface area (TPSA) is 135 Å². The molecule has 0 saturated carbocycles. The summed E-state index contributed by atoms with van der Waals surface area (Å²) >= 11 is 0. The van der Waals surface area contributed by atoms with Crippen molar-refractivity contribution >= 4 is 28.8 Å². The van der Waals surface area contributed by atoms with E-state index in [0.717, 1.165) is 24.1 Å². The molecule has 5 rings (SSSR count). The summed E-state index contributed by atoms with van der Waals surface area (Å²) in [5.41, 5.74) is 3.33. The van der Waals surface area contributed by atoms with Gasteiger partial charge in [-0.15, -0.1) is 0 Å². The third-order valence-electron chi connectivity index (χ3n) is 7.34. The maximum atomic E-state index is 13.2. The number of hydrogen-bond acceptors (Lipinski definition) is 8. The summed E-state index contributed by atoms with van der Waals surface area (Å²) < 4.78 is 7.89. The van der Waals surface area contributed by atoms with Crippen LogP contribution in [-0.4, -0.2) is 70.7 Å². The fraction of sp³-hybridized carbons (Fsp3) is 0.387. The van der Waals surface area contributed by atoms with Gasteiger partial charge in [0.15, 0.2) is 17.0 Å². The van der Waals surface area contributed by atoms with Gasteiger partial charge in [-0.1, -0.05) is 60.7 Å². The van der Waals surface area contributed by atoms with Crippen molar-refractivity contribution in [2.24, 2.45) is 0 Å². The van der Waals surface area contributed by atoms with Crippen LogP contribution in [-0.2, 0) is 9.53 Å². The van der Waals surface area contributed by atoms with E-state index < -0.39 is 12.3 Å². The molecule has 1 fully saturated rings. The number of rotatable bonds is 13. The van der Waals surface area contributed by atoms with E-state index in [1.165, 1.54) is 0 Å². The second-order valence-electron chi connectivity index (χ2n) is 10.2. The van der Waals surface area contributed by atoms with Gasteiger partial charge in [0.2, 0.25) is 11.7 Å². The average Bonchev–Trinajstić information content (AvgIpc) is 3.68. The minimum atomic E-state index is -0.542. The minimum absolute atomic E-state index is 0.0364. The summed E-state index contributed by atoms with van der Waals surface area (Å²) in [6.45, 7) is 4.22. The van der Waals surface area contributed by atoms with E-state index in [4.69, 9.17) is 4.74 Å². The Morgan fingerprint density at radius 1 is 0.976 bits per heavy atom. The molecule has 0 spiro atoms. The normalized spacial score (nSPS) is 16.5. The molecule has 42 heavy (non-hydrogen) atoms. The minimum Gasteiger partial charge on any atom is -0.367 e.